The SMILES string of the molecule is CC(NCc1ccccc1[N+](=O)[O-])(C(=O)O)C(F)(F)F. The number of hydrogen-bond acceptors (Lipinski definition) is 4. The first-order valence-corrected chi connectivity index (χ1v) is 5.37. The van der Waals surface area contributed by atoms with Gasteiger partial charge in [-0.2, -0.15) is 13.2 Å². The number of nitrogens with zero attached hydrogens (tertiary/aromatic N) is 1. The zero-order valence-corrected chi connectivity index (χ0v) is 10.3. The van der Waals surface area contributed by atoms with Crippen LogP contribution in [0.3, 0.4) is 0 Å². The molecule has 0 heterocycles. The second-order valence-corrected chi connectivity index (χ2v) is 4.17. The van der Waals surface area contributed by atoms with Gasteiger partial charge in [0.15, 0.2) is 0 Å². The van der Waals surface area contributed by atoms with Crippen LogP contribution in [0.25, 0.3) is 0 Å². The van der Waals surface area contributed by atoms with Gasteiger partial charge in [-0.3, -0.25) is 15.4 Å². The van der Waals surface area contributed by atoms with Gasteiger partial charge in [0.1, 0.15) is 0 Å². The molecule has 1 unspecified atom stereocenters. The number of carboxylic acids is 1. The third-order valence-electron chi connectivity index (χ3n) is 2.82. The van der Waals surface area contributed by atoms with Crippen molar-refractivity contribution in [1.82, 2.24) is 5.32 Å². The minimum absolute atomic E-state index is 0.0331. The highest BCUT2D eigenvalue weighted by Gasteiger charge is 2.57. The molecule has 0 aliphatic rings. The lowest BCUT2D eigenvalue weighted by molar-refractivity contribution is -0.385. The summed E-state index contributed by atoms with van der Waals surface area (Å²) in [6, 6.07) is 5.16. The Morgan fingerprint density at radius 3 is 2.40 bits per heavy atom. The number of carboxylic acid groups (broad SMARTS) is 1. The largest absolute Gasteiger partial charge is 0.480 e. The predicted molar refractivity (Wildman–Crippen MR) is 62.0 cm³/mol. The Morgan fingerprint density at radius 2 is 1.95 bits per heavy atom. The van der Waals surface area contributed by atoms with Gasteiger partial charge in [0.05, 0.1) is 4.92 Å². The molecule has 1 atom stereocenters. The molecule has 0 amide bonds. The highest BCUT2D eigenvalue weighted by Crippen LogP contribution is 2.31. The summed E-state index contributed by atoms with van der Waals surface area (Å²) in [5.41, 5.74) is -3.60. The molecule has 0 aromatic heterocycles. The van der Waals surface area contributed by atoms with Gasteiger partial charge >= 0.3 is 12.1 Å². The van der Waals surface area contributed by atoms with Gasteiger partial charge in [-0.1, -0.05) is 18.2 Å². The molecule has 1 aromatic carbocycles. The van der Waals surface area contributed by atoms with Crippen LogP contribution in [-0.2, 0) is 11.3 Å². The van der Waals surface area contributed by atoms with E-state index in [0.717, 1.165) is 6.07 Å². The minimum Gasteiger partial charge on any atom is -0.480 e. The number of rotatable bonds is 5. The first-order valence-electron chi connectivity index (χ1n) is 5.37. The Hall–Kier alpha value is -2.16. The number of alkyl halides is 3. The van der Waals surface area contributed by atoms with E-state index >= 15 is 0 Å². The van der Waals surface area contributed by atoms with E-state index in [4.69, 9.17) is 5.11 Å². The maximum absolute atomic E-state index is 12.7. The topological polar surface area (TPSA) is 92.5 Å². The molecule has 0 fully saturated rings. The zero-order valence-electron chi connectivity index (χ0n) is 10.3. The summed E-state index contributed by atoms with van der Waals surface area (Å²) in [7, 11) is 0. The Kier molecular flexibility index (Phi) is 4.33. The van der Waals surface area contributed by atoms with Crippen molar-refractivity contribution in [3.05, 3.63) is 39.9 Å². The lowest BCUT2D eigenvalue weighted by Crippen LogP contribution is -2.59. The molecule has 0 saturated heterocycles. The number of aliphatic carboxylic acids is 1. The van der Waals surface area contributed by atoms with Crippen molar-refractivity contribution in [2.45, 2.75) is 25.2 Å². The smallest absolute Gasteiger partial charge is 0.417 e. The second kappa shape index (κ2) is 5.45. The molecule has 0 bridgehead atoms. The number of nitro benzene ring substituents is 1. The maximum Gasteiger partial charge on any atom is 0.417 e. The molecule has 0 aliphatic carbocycles. The van der Waals surface area contributed by atoms with Crippen LogP contribution in [-0.4, -0.2) is 27.7 Å². The zero-order chi connectivity index (χ0) is 15.6. The van der Waals surface area contributed by atoms with E-state index in [1.54, 1.807) is 0 Å². The summed E-state index contributed by atoms with van der Waals surface area (Å²) < 4.78 is 38.2. The van der Waals surface area contributed by atoms with E-state index in [2.05, 4.69) is 0 Å². The van der Waals surface area contributed by atoms with E-state index in [1.807, 2.05) is 5.32 Å². The summed E-state index contributed by atoms with van der Waals surface area (Å²) in [6.07, 6.45) is -5.04. The van der Waals surface area contributed by atoms with Crippen molar-refractivity contribution in [1.29, 1.82) is 0 Å². The van der Waals surface area contributed by atoms with Gasteiger partial charge in [0, 0.05) is 18.2 Å². The van der Waals surface area contributed by atoms with Gasteiger partial charge in [-0.05, 0) is 6.92 Å². The average Bonchev–Trinajstić information content (AvgIpc) is 2.34. The van der Waals surface area contributed by atoms with Crippen molar-refractivity contribution in [3.63, 3.8) is 0 Å². The molecule has 1 rings (SSSR count). The molecule has 9 heteroatoms. The number of carbonyl (C=O) groups is 1. The third-order valence-corrected chi connectivity index (χ3v) is 2.82. The fourth-order valence-electron chi connectivity index (χ4n) is 1.41. The maximum atomic E-state index is 12.7. The summed E-state index contributed by atoms with van der Waals surface area (Å²) in [5, 5.41) is 21.2. The molecule has 20 heavy (non-hydrogen) atoms. The molecule has 0 aliphatic heterocycles. The quantitative estimate of drug-likeness (QED) is 0.640. The van der Waals surface area contributed by atoms with Gasteiger partial charge in [0.25, 0.3) is 5.69 Å². The van der Waals surface area contributed by atoms with E-state index in [0.29, 0.717) is 6.92 Å². The third kappa shape index (κ3) is 3.05. The second-order valence-electron chi connectivity index (χ2n) is 4.17. The summed E-state index contributed by atoms with van der Waals surface area (Å²) in [6.45, 7) is -0.135. The minimum atomic E-state index is -5.04. The molecular formula is C11H11F3N2O4. The van der Waals surface area contributed by atoms with Crippen molar-refractivity contribution in [2.24, 2.45) is 0 Å². The summed E-state index contributed by atoms with van der Waals surface area (Å²) >= 11 is 0. The van der Waals surface area contributed by atoms with Crippen LogP contribution in [0.5, 0.6) is 0 Å². The van der Waals surface area contributed by atoms with Crippen LogP contribution in [0.4, 0.5) is 18.9 Å². The van der Waals surface area contributed by atoms with Gasteiger partial charge < -0.3 is 5.11 Å². The molecular weight excluding hydrogens is 281 g/mol. The Labute approximate surface area is 111 Å². The fourth-order valence-corrected chi connectivity index (χ4v) is 1.41. The van der Waals surface area contributed by atoms with Crippen LogP contribution in [0.15, 0.2) is 24.3 Å². The first-order chi connectivity index (χ1) is 9.09. The van der Waals surface area contributed by atoms with Crippen LogP contribution in [0.2, 0.25) is 0 Å². The Bertz CT molecular complexity index is 533. The van der Waals surface area contributed by atoms with E-state index in [9.17, 15) is 28.1 Å². The molecule has 0 saturated carbocycles. The molecule has 0 spiro atoms. The summed E-state index contributed by atoms with van der Waals surface area (Å²) in [4.78, 5) is 20.8. The van der Waals surface area contributed by atoms with Crippen molar-refractivity contribution in [2.75, 3.05) is 0 Å². The number of para-hydroxylation sites is 1. The van der Waals surface area contributed by atoms with Crippen LogP contribution in [0.1, 0.15) is 12.5 Å². The van der Waals surface area contributed by atoms with Crippen LogP contribution >= 0.6 is 0 Å². The number of nitrogens with one attached hydrogen (secondary N) is 1. The van der Waals surface area contributed by atoms with E-state index in [1.165, 1.54) is 18.2 Å². The highest BCUT2D eigenvalue weighted by atomic mass is 19.4. The fraction of sp³-hybridized carbons (Fsp3) is 0.364. The van der Waals surface area contributed by atoms with Crippen molar-refractivity contribution >= 4 is 11.7 Å². The summed E-state index contributed by atoms with van der Waals surface area (Å²) in [5.74, 6) is -2.11. The van der Waals surface area contributed by atoms with Crippen molar-refractivity contribution < 1.29 is 28.0 Å². The molecule has 1 aromatic rings. The monoisotopic (exact) mass is 292 g/mol. The van der Waals surface area contributed by atoms with Crippen LogP contribution in [0, 0.1) is 10.1 Å². The van der Waals surface area contributed by atoms with Gasteiger partial charge in [-0.25, -0.2) is 4.79 Å². The number of halogens is 3. The predicted octanol–water partition coefficient (Wildman–Crippen LogP) is 2.09. The first kappa shape index (κ1) is 15.9. The number of hydrogen-bond donors (Lipinski definition) is 2. The number of nitro groups is 1. The van der Waals surface area contributed by atoms with Gasteiger partial charge in [0.2, 0.25) is 5.54 Å². The van der Waals surface area contributed by atoms with Crippen LogP contribution < -0.4 is 5.32 Å². The standard InChI is InChI=1S/C11H11F3N2O4/c1-10(9(17)18,11(12,13)14)15-6-7-4-2-3-5-8(7)16(19)20/h2-5,15H,6H2,1H3,(H,17,18). The Balaban J connectivity index is 3.01. The molecule has 6 nitrogen and oxygen atoms in total. The Morgan fingerprint density at radius 1 is 1.40 bits per heavy atom. The van der Waals surface area contributed by atoms with Crippen molar-refractivity contribution in [3.8, 4) is 0 Å². The highest BCUT2D eigenvalue weighted by molar-refractivity contribution is 5.79. The molecule has 2 N–H and O–H groups in total. The normalized spacial score (nSPS) is 14.6. The lowest BCUT2D eigenvalue weighted by atomic mass is 10.0. The molecule has 110 valence electrons. The van der Waals surface area contributed by atoms with E-state index in [-0.39, 0.29) is 11.3 Å². The molecule has 0 radical (unpaired) electrons. The van der Waals surface area contributed by atoms with Gasteiger partial charge in [-0.15, -0.1) is 0 Å². The lowest BCUT2D eigenvalue weighted by Gasteiger charge is -2.28. The van der Waals surface area contributed by atoms with E-state index < -0.39 is 29.2 Å². The number of benzene rings is 1. The average molecular weight is 292 g/mol.